The van der Waals surface area contributed by atoms with Gasteiger partial charge in [-0.25, -0.2) is 0 Å². The molecule has 0 aliphatic carbocycles. The summed E-state index contributed by atoms with van der Waals surface area (Å²) >= 11 is 0. The second-order valence-corrected chi connectivity index (χ2v) is 7.98. The van der Waals surface area contributed by atoms with Crippen LogP contribution in [0.25, 0.3) is 0 Å². The Kier molecular flexibility index (Phi) is 7.54. The van der Waals surface area contributed by atoms with Gasteiger partial charge in [-0.2, -0.15) is 0 Å². The van der Waals surface area contributed by atoms with Crippen LogP contribution in [0.3, 0.4) is 0 Å². The van der Waals surface area contributed by atoms with E-state index in [0.29, 0.717) is 0 Å². The van der Waals surface area contributed by atoms with Crippen molar-refractivity contribution in [2.45, 2.75) is 58.2 Å². The zero-order valence-electron chi connectivity index (χ0n) is 9.62. The smallest absolute Gasteiger partial charge is 0.428 e. The van der Waals surface area contributed by atoms with E-state index in [4.69, 9.17) is 14.4 Å². The fourth-order valence-corrected chi connectivity index (χ4v) is 6.43. The summed E-state index contributed by atoms with van der Waals surface area (Å²) in [5.74, 6) is 0. The van der Waals surface area contributed by atoms with Crippen molar-refractivity contribution in [2.75, 3.05) is 0 Å². The quantitative estimate of drug-likeness (QED) is 0.614. The molecule has 0 aromatic carbocycles. The first-order valence-electron chi connectivity index (χ1n) is 5.64. The van der Waals surface area contributed by atoms with Crippen LogP contribution in [0.2, 0.25) is 18.1 Å². The Balaban J connectivity index is 4.37. The van der Waals surface area contributed by atoms with Crippen LogP contribution in [0, 0.1) is 0 Å². The molecule has 5 heteroatoms. The van der Waals surface area contributed by atoms with Gasteiger partial charge in [-0.05, 0) is 18.1 Å². The third-order valence-electron chi connectivity index (χ3n) is 2.47. The van der Waals surface area contributed by atoms with Crippen LogP contribution in [0.1, 0.15) is 40.0 Å². The van der Waals surface area contributed by atoms with E-state index < -0.39 is 15.6 Å². The number of rotatable bonds is 8. The molecule has 0 bridgehead atoms. The molecule has 0 amide bonds. The molecule has 0 saturated carbocycles. The van der Waals surface area contributed by atoms with Gasteiger partial charge in [-0.15, -0.1) is 0 Å². The minimum atomic E-state index is -1.86. The first-order valence-corrected chi connectivity index (χ1v) is 8.17. The van der Waals surface area contributed by atoms with E-state index in [-0.39, 0.29) is 0 Å². The highest BCUT2D eigenvalue weighted by Crippen LogP contribution is 2.27. The van der Waals surface area contributed by atoms with Gasteiger partial charge in [0.05, 0.1) is 0 Å². The van der Waals surface area contributed by atoms with Gasteiger partial charge >= 0.3 is 7.32 Å². The van der Waals surface area contributed by atoms with Crippen LogP contribution in [-0.2, 0) is 4.34 Å². The Hall–Kier alpha value is 0.162. The summed E-state index contributed by atoms with van der Waals surface area (Å²) < 4.78 is 5.41. The van der Waals surface area contributed by atoms with E-state index in [1.54, 1.807) is 0 Å². The lowest BCUT2D eigenvalue weighted by atomic mass is 10.3. The molecule has 0 unspecified atom stereocenters. The maximum atomic E-state index is 8.94. The summed E-state index contributed by atoms with van der Waals surface area (Å²) in [6.45, 7) is 6.38. The SMILES string of the molecule is CCC[Si](CCC)(CCC)OB(O)O. The molecule has 0 fully saturated rings. The van der Waals surface area contributed by atoms with Crippen LogP contribution in [-0.4, -0.2) is 25.7 Å². The van der Waals surface area contributed by atoms with Crippen molar-refractivity contribution in [2.24, 2.45) is 0 Å². The van der Waals surface area contributed by atoms with Crippen molar-refractivity contribution in [1.82, 2.24) is 0 Å². The summed E-state index contributed by atoms with van der Waals surface area (Å²) in [4.78, 5) is 0. The topological polar surface area (TPSA) is 49.7 Å². The zero-order valence-corrected chi connectivity index (χ0v) is 10.6. The van der Waals surface area contributed by atoms with Crippen LogP contribution < -0.4 is 0 Å². The highest BCUT2D eigenvalue weighted by atomic mass is 28.4. The Labute approximate surface area is 88.8 Å². The van der Waals surface area contributed by atoms with Gasteiger partial charge < -0.3 is 14.4 Å². The van der Waals surface area contributed by atoms with E-state index in [1.807, 2.05) is 0 Å². The van der Waals surface area contributed by atoms with E-state index >= 15 is 0 Å². The lowest BCUT2D eigenvalue weighted by Gasteiger charge is -2.31. The van der Waals surface area contributed by atoms with Gasteiger partial charge in [0, 0.05) is 0 Å². The lowest BCUT2D eigenvalue weighted by Crippen LogP contribution is -2.43. The van der Waals surface area contributed by atoms with Gasteiger partial charge in [0.1, 0.15) is 0 Å². The predicted molar refractivity (Wildman–Crippen MR) is 62.3 cm³/mol. The van der Waals surface area contributed by atoms with Crippen LogP contribution >= 0.6 is 0 Å². The van der Waals surface area contributed by atoms with Crippen molar-refractivity contribution < 1.29 is 14.4 Å². The summed E-state index contributed by atoms with van der Waals surface area (Å²) in [7, 11) is -3.44. The Morgan fingerprint density at radius 1 is 0.929 bits per heavy atom. The van der Waals surface area contributed by atoms with E-state index in [1.165, 1.54) is 0 Å². The van der Waals surface area contributed by atoms with Crippen LogP contribution in [0.15, 0.2) is 0 Å². The van der Waals surface area contributed by atoms with Gasteiger partial charge in [0.2, 0.25) is 0 Å². The molecular formula is C9H23BO3Si. The third kappa shape index (κ3) is 5.14. The second kappa shape index (κ2) is 7.45. The Morgan fingerprint density at radius 3 is 1.50 bits per heavy atom. The molecule has 0 atom stereocenters. The maximum Gasteiger partial charge on any atom is 0.622 e. The molecule has 0 rings (SSSR count). The molecule has 0 radical (unpaired) electrons. The minimum Gasteiger partial charge on any atom is -0.428 e. The van der Waals surface area contributed by atoms with Crippen LogP contribution in [0.5, 0.6) is 0 Å². The van der Waals surface area contributed by atoms with Crippen molar-refractivity contribution in [3.05, 3.63) is 0 Å². The largest absolute Gasteiger partial charge is 0.622 e. The number of hydrogen-bond donors (Lipinski definition) is 2. The zero-order chi connectivity index (χ0) is 11.0. The Morgan fingerprint density at radius 2 is 1.29 bits per heavy atom. The molecule has 0 spiro atoms. The fourth-order valence-electron chi connectivity index (χ4n) is 2.14. The normalized spacial score (nSPS) is 11.8. The molecule has 0 aromatic rings. The van der Waals surface area contributed by atoms with Crippen LogP contribution in [0.4, 0.5) is 0 Å². The average molecular weight is 218 g/mol. The highest BCUT2D eigenvalue weighted by Gasteiger charge is 2.35. The predicted octanol–water partition coefficient (Wildman–Crippen LogP) is 2.15. The molecule has 0 heterocycles. The highest BCUT2D eigenvalue weighted by molar-refractivity contribution is 6.78. The van der Waals surface area contributed by atoms with E-state index in [9.17, 15) is 0 Å². The summed E-state index contributed by atoms with van der Waals surface area (Å²) in [6, 6.07) is 3.10. The minimum absolute atomic E-state index is 1.03. The summed E-state index contributed by atoms with van der Waals surface area (Å²) in [5.41, 5.74) is 0. The molecule has 0 aliphatic rings. The van der Waals surface area contributed by atoms with Crippen molar-refractivity contribution in [3.63, 3.8) is 0 Å². The maximum absolute atomic E-state index is 8.94. The standard InChI is InChI=1S/C9H23BO3Si/c1-4-7-14(8-5-2,9-6-3)13-10(11)12/h11-12H,4-9H2,1-3H3. The fraction of sp³-hybridized carbons (Fsp3) is 1.00. The lowest BCUT2D eigenvalue weighted by molar-refractivity contribution is 0.279. The van der Waals surface area contributed by atoms with Gasteiger partial charge in [-0.1, -0.05) is 40.0 Å². The molecule has 2 N–H and O–H groups in total. The molecule has 0 saturated heterocycles. The number of hydrogen-bond acceptors (Lipinski definition) is 3. The van der Waals surface area contributed by atoms with Crippen molar-refractivity contribution in [1.29, 1.82) is 0 Å². The van der Waals surface area contributed by atoms with Gasteiger partial charge in [0.15, 0.2) is 8.32 Å². The average Bonchev–Trinajstić information content (AvgIpc) is 2.03. The van der Waals surface area contributed by atoms with E-state index in [0.717, 1.165) is 37.4 Å². The second-order valence-electron chi connectivity index (χ2n) is 3.88. The first kappa shape index (κ1) is 14.2. The molecule has 3 nitrogen and oxygen atoms in total. The molecule has 0 aromatic heterocycles. The summed E-state index contributed by atoms with van der Waals surface area (Å²) in [5, 5.41) is 17.9. The van der Waals surface area contributed by atoms with Gasteiger partial charge in [-0.3, -0.25) is 0 Å². The monoisotopic (exact) mass is 218 g/mol. The molecule has 0 aliphatic heterocycles. The summed E-state index contributed by atoms with van der Waals surface area (Å²) in [6.07, 6.45) is 3.21. The molecule has 84 valence electrons. The molecule has 14 heavy (non-hydrogen) atoms. The Bertz CT molecular complexity index is 127. The van der Waals surface area contributed by atoms with Gasteiger partial charge in [0.25, 0.3) is 0 Å². The van der Waals surface area contributed by atoms with Crippen molar-refractivity contribution >= 4 is 15.6 Å². The van der Waals surface area contributed by atoms with E-state index in [2.05, 4.69) is 20.8 Å². The first-order chi connectivity index (χ1) is 6.60. The van der Waals surface area contributed by atoms with Crippen molar-refractivity contribution in [3.8, 4) is 0 Å². The molecular weight excluding hydrogens is 195 g/mol. The third-order valence-corrected chi connectivity index (χ3v) is 7.42.